The molecule has 0 fully saturated rings. The Morgan fingerprint density at radius 3 is 2.55 bits per heavy atom. The van der Waals surface area contributed by atoms with Gasteiger partial charge in [-0.05, 0) is 13.8 Å². The Kier molecular flexibility index (Phi) is 2.52. The Labute approximate surface area is 70.6 Å². The molecule has 1 rings (SSSR count). The number of aryl methyl sites for hydroxylation is 1. The Bertz CT molecular complexity index is 257. The first kappa shape index (κ1) is 8.56. The first-order valence-electron chi connectivity index (χ1n) is 3.47. The van der Waals surface area contributed by atoms with E-state index in [1.807, 2.05) is 13.8 Å². The molecule has 0 atom stereocenters. The number of halogens is 1. The Balaban J connectivity index is 2.98. The van der Waals surface area contributed by atoms with Crippen LogP contribution in [0.4, 0.5) is 0 Å². The molecule has 1 N–H and O–H groups in total. The fourth-order valence-corrected chi connectivity index (χ4v) is 1.12. The average Bonchev–Trinajstić information content (AvgIpc) is 2.19. The van der Waals surface area contributed by atoms with Gasteiger partial charge in [-0.2, -0.15) is 5.10 Å². The highest BCUT2D eigenvalue weighted by molar-refractivity contribution is 6.31. The maximum Gasteiger partial charge on any atom is 0.0844 e. The standard InChI is InChI=1S/C7H11ClN2O/c1-5-7(8)6(2)10(9-5)3-4-11/h11H,3-4H2,1-2H3. The SMILES string of the molecule is Cc1nn(CCO)c(C)c1Cl. The van der Waals surface area contributed by atoms with Crippen molar-refractivity contribution in [2.75, 3.05) is 6.61 Å². The van der Waals surface area contributed by atoms with Gasteiger partial charge in [-0.3, -0.25) is 4.68 Å². The minimum Gasteiger partial charge on any atom is -0.394 e. The molecule has 62 valence electrons. The lowest BCUT2D eigenvalue weighted by Crippen LogP contribution is -2.05. The zero-order valence-corrected chi connectivity index (χ0v) is 7.39. The van der Waals surface area contributed by atoms with E-state index in [-0.39, 0.29) is 6.61 Å². The molecule has 1 aromatic rings. The van der Waals surface area contributed by atoms with E-state index >= 15 is 0 Å². The van der Waals surface area contributed by atoms with Crippen LogP contribution in [0.25, 0.3) is 0 Å². The van der Waals surface area contributed by atoms with Crippen molar-refractivity contribution >= 4 is 11.6 Å². The Hall–Kier alpha value is -0.540. The van der Waals surface area contributed by atoms with Crippen LogP contribution in [0.2, 0.25) is 5.02 Å². The van der Waals surface area contributed by atoms with Crippen LogP contribution in [0, 0.1) is 13.8 Å². The fraction of sp³-hybridized carbons (Fsp3) is 0.571. The summed E-state index contributed by atoms with van der Waals surface area (Å²) in [6.07, 6.45) is 0. The van der Waals surface area contributed by atoms with Crippen LogP contribution in [-0.2, 0) is 6.54 Å². The van der Waals surface area contributed by atoms with Crippen LogP contribution < -0.4 is 0 Å². The van der Waals surface area contributed by atoms with Gasteiger partial charge < -0.3 is 5.11 Å². The van der Waals surface area contributed by atoms with E-state index in [0.29, 0.717) is 11.6 Å². The normalized spacial score (nSPS) is 10.5. The summed E-state index contributed by atoms with van der Waals surface area (Å²) in [5, 5.41) is 13.5. The van der Waals surface area contributed by atoms with Gasteiger partial charge in [0.25, 0.3) is 0 Å². The van der Waals surface area contributed by atoms with Gasteiger partial charge in [0, 0.05) is 0 Å². The summed E-state index contributed by atoms with van der Waals surface area (Å²) in [5.41, 5.74) is 1.73. The Morgan fingerprint density at radius 1 is 1.55 bits per heavy atom. The molecule has 0 aliphatic carbocycles. The molecule has 0 saturated carbocycles. The highest BCUT2D eigenvalue weighted by atomic mass is 35.5. The maximum atomic E-state index is 8.64. The molecule has 0 amide bonds. The van der Waals surface area contributed by atoms with Crippen LogP contribution >= 0.6 is 11.6 Å². The van der Waals surface area contributed by atoms with Crippen molar-refractivity contribution < 1.29 is 5.11 Å². The van der Waals surface area contributed by atoms with Crippen molar-refractivity contribution in [3.05, 3.63) is 16.4 Å². The molecule has 0 aromatic carbocycles. The predicted octanol–water partition coefficient (Wildman–Crippen LogP) is 1.15. The van der Waals surface area contributed by atoms with Crippen LogP contribution in [0.3, 0.4) is 0 Å². The molecule has 0 aliphatic heterocycles. The zero-order valence-electron chi connectivity index (χ0n) is 6.63. The number of rotatable bonds is 2. The van der Waals surface area contributed by atoms with Crippen molar-refractivity contribution in [1.29, 1.82) is 0 Å². The lowest BCUT2D eigenvalue weighted by Gasteiger charge is -1.99. The molecule has 0 unspecified atom stereocenters. The molecule has 0 radical (unpaired) electrons. The number of aliphatic hydroxyl groups excluding tert-OH is 1. The summed E-state index contributed by atoms with van der Waals surface area (Å²) in [5.74, 6) is 0. The number of aromatic nitrogens is 2. The van der Waals surface area contributed by atoms with E-state index in [2.05, 4.69) is 5.10 Å². The van der Waals surface area contributed by atoms with E-state index in [0.717, 1.165) is 11.4 Å². The van der Waals surface area contributed by atoms with Crippen LogP contribution in [0.1, 0.15) is 11.4 Å². The van der Waals surface area contributed by atoms with E-state index in [1.54, 1.807) is 4.68 Å². The lowest BCUT2D eigenvalue weighted by atomic mass is 10.4. The van der Waals surface area contributed by atoms with Crippen molar-refractivity contribution in [2.45, 2.75) is 20.4 Å². The highest BCUT2D eigenvalue weighted by Gasteiger charge is 2.07. The van der Waals surface area contributed by atoms with Crippen LogP contribution in [-0.4, -0.2) is 21.5 Å². The lowest BCUT2D eigenvalue weighted by molar-refractivity contribution is 0.268. The van der Waals surface area contributed by atoms with E-state index in [9.17, 15) is 0 Å². The molecule has 0 aliphatic rings. The minimum absolute atomic E-state index is 0.0955. The summed E-state index contributed by atoms with van der Waals surface area (Å²) < 4.78 is 1.71. The maximum absolute atomic E-state index is 8.64. The second-order valence-electron chi connectivity index (χ2n) is 2.43. The van der Waals surface area contributed by atoms with Gasteiger partial charge in [-0.1, -0.05) is 11.6 Å². The first-order chi connectivity index (χ1) is 5.16. The van der Waals surface area contributed by atoms with Crippen molar-refractivity contribution in [2.24, 2.45) is 0 Å². The Morgan fingerprint density at radius 2 is 2.18 bits per heavy atom. The summed E-state index contributed by atoms with van der Waals surface area (Å²) in [7, 11) is 0. The third-order valence-corrected chi connectivity index (χ3v) is 2.15. The van der Waals surface area contributed by atoms with Gasteiger partial charge in [-0.15, -0.1) is 0 Å². The van der Waals surface area contributed by atoms with Crippen molar-refractivity contribution in [3.63, 3.8) is 0 Å². The van der Waals surface area contributed by atoms with Crippen molar-refractivity contribution in [3.8, 4) is 0 Å². The smallest absolute Gasteiger partial charge is 0.0844 e. The van der Waals surface area contributed by atoms with Gasteiger partial charge in [0.05, 0.1) is 29.6 Å². The largest absolute Gasteiger partial charge is 0.394 e. The van der Waals surface area contributed by atoms with Gasteiger partial charge in [0.15, 0.2) is 0 Å². The quantitative estimate of drug-likeness (QED) is 0.731. The number of hydrogen-bond donors (Lipinski definition) is 1. The predicted molar refractivity (Wildman–Crippen MR) is 43.8 cm³/mol. The molecular weight excluding hydrogens is 164 g/mol. The van der Waals surface area contributed by atoms with Gasteiger partial charge in [0.1, 0.15) is 0 Å². The zero-order chi connectivity index (χ0) is 8.43. The van der Waals surface area contributed by atoms with Gasteiger partial charge >= 0.3 is 0 Å². The summed E-state index contributed by atoms with van der Waals surface area (Å²) in [4.78, 5) is 0. The van der Waals surface area contributed by atoms with E-state index in [4.69, 9.17) is 16.7 Å². The minimum atomic E-state index is 0.0955. The van der Waals surface area contributed by atoms with Crippen LogP contribution in [0.5, 0.6) is 0 Å². The summed E-state index contributed by atoms with van der Waals surface area (Å²) in [6.45, 7) is 4.35. The summed E-state index contributed by atoms with van der Waals surface area (Å²) >= 11 is 5.87. The fourth-order valence-electron chi connectivity index (χ4n) is 0.988. The molecule has 0 bridgehead atoms. The van der Waals surface area contributed by atoms with E-state index in [1.165, 1.54) is 0 Å². The van der Waals surface area contributed by atoms with Gasteiger partial charge in [0.2, 0.25) is 0 Å². The molecule has 1 aromatic heterocycles. The third kappa shape index (κ3) is 1.54. The second-order valence-corrected chi connectivity index (χ2v) is 2.81. The molecular formula is C7H11ClN2O. The van der Waals surface area contributed by atoms with Crippen molar-refractivity contribution in [1.82, 2.24) is 9.78 Å². The van der Waals surface area contributed by atoms with E-state index < -0.39 is 0 Å². The average molecular weight is 175 g/mol. The molecule has 11 heavy (non-hydrogen) atoms. The molecule has 0 spiro atoms. The molecule has 0 saturated heterocycles. The number of aliphatic hydroxyl groups is 1. The molecule has 3 nitrogen and oxygen atoms in total. The molecule has 4 heteroatoms. The monoisotopic (exact) mass is 174 g/mol. The van der Waals surface area contributed by atoms with Gasteiger partial charge in [-0.25, -0.2) is 0 Å². The molecule has 1 heterocycles. The number of nitrogens with zero attached hydrogens (tertiary/aromatic N) is 2. The second kappa shape index (κ2) is 3.24. The first-order valence-corrected chi connectivity index (χ1v) is 3.85. The van der Waals surface area contributed by atoms with Crippen LogP contribution in [0.15, 0.2) is 0 Å². The summed E-state index contributed by atoms with van der Waals surface area (Å²) in [6, 6.07) is 0. The third-order valence-electron chi connectivity index (χ3n) is 1.60. The number of hydrogen-bond acceptors (Lipinski definition) is 2. The highest BCUT2D eigenvalue weighted by Crippen LogP contribution is 2.18. The topological polar surface area (TPSA) is 38.0 Å².